The molecule has 1 saturated carbocycles. The Labute approximate surface area is 106 Å². The summed E-state index contributed by atoms with van der Waals surface area (Å²) in [6.45, 7) is 5.14. The molecule has 1 aliphatic rings. The summed E-state index contributed by atoms with van der Waals surface area (Å²) in [7, 11) is 0. The average molecular weight is 240 g/mol. The van der Waals surface area contributed by atoms with Crippen molar-refractivity contribution in [3.8, 4) is 0 Å². The molecule has 2 unspecified atom stereocenters. The molecule has 3 nitrogen and oxygen atoms in total. The second-order valence-corrected chi connectivity index (χ2v) is 5.73. The van der Waals surface area contributed by atoms with Crippen molar-refractivity contribution in [3.63, 3.8) is 0 Å². The first kappa shape index (κ1) is 14.5. The summed E-state index contributed by atoms with van der Waals surface area (Å²) in [5.41, 5.74) is 5.41. The largest absolute Gasteiger partial charge is 0.353 e. The fourth-order valence-electron chi connectivity index (χ4n) is 2.66. The number of nitrogens with one attached hydrogen (secondary N) is 1. The highest BCUT2D eigenvalue weighted by Crippen LogP contribution is 2.30. The number of rotatable bonds is 7. The first-order valence-corrected chi connectivity index (χ1v) is 7.13. The Hall–Kier alpha value is -0.570. The topological polar surface area (TPSA) is 55.1 Å². The van der Waals surface area contributed by atoms with E-state index in [9.17, 15) is 4.79 Å². The molecule has 0 spiro atoms. The number of carbonyl (C=O) groups excluding carboxylic acids is 1. The Morgan fingerprint density at radius 3 is 2.82 bits per heavy atom. The maximum atomic E-state index is 11.7. The van der Waals surface area contributed by atoms with E-state index in [0.717, 1.165) is 18.8 Å². The number of hydrogen-bond acceptors (Lipinski definition) is 2. The highest BCUT2D eigenvalue weighted by molar-refractivity contribution is 5.76. The highest BCUT2D eigenvalue weighted by atomic mass is 16.1. The Balaban J connectivity index is 2.28. The van der Waals surface area contributed by atoms with Crippen LogP contribution in [0.15, 0.2) is 0 Å². The van der Waals surface area contributed by atoms with Gasteiger partial charge in [-0.15, -0.1) is 0 Å². The van der Waals surface area contributed by atoms with Gasteiger partial charge in [-0.2, -0.15) is 0 Å². The molecule has 2 atom stereocenters. The summed E-state index contributed by atoms with van der Waals surface area (Å²) in [5.74, 6) is 1.67. The van der Waals surface area contributed by atoms with Crippen molar-refractivity contribution in [2.24, 2.45) is 17.6 Å². The molecule has 0 saturated heterocycles. The molecule has 3 heteroatoms. The molecule has 0 bridgehead atoms. The van der Waals surface area contributed by atoms with E-state index >= 15 is 0 Å². The van der Waals surface area contributed by atoms with E-state index in [2.05, 4.69) is 19.2 Å². The van der Waals surface area contributed by atoms with Gasteiger partial charge >= 0.3 is 0 Å². The summed E-state index contributed by atoms with van der Waals surface area (Å²) in [6.07, 6.45) is 7.65. The van der Waals surface area contributed by atoms with Crippen molar-refractivity contribution in [1.29, 1.82) is 0 Å². The van der Waals surface area contributed by atoms with Crippen LogP contribution in [0.1, 0.15) is 58.8 Å². The van der Waals surface area contributed by atoms with Gasteiger partial charge < -0.3 is 11.1 Å². The van der Waals surface area contributed by atoms with Gasteiger partial charge in [0, 0.05) is 12.5 Å². The number of amides is 1. The second kappa shape index (κ2) is 7.70. The van der Waals surface area contributed by atoms with Crippen LogP contribution in [-0.4, -0.2) is 18.5 Å². The minimum atomic E-state index is 0.192. The lowest BCUT2D eigenvalue weighted by molar-refractivity contribution is -0.122. The molecular formula is C14H28N2O. The molecule has 0 heterocycles. The minimum Gasteiger partial charge on any atom is -0.353 e. The van der Waals surface area contributed by atoms with Gasteiger partial charge in [-0.05, 0) is 44.1 Å². The van der Waals surface area contributed by atoms with Gasteiger partial charge in [0.15, 0.2) is 0 Å². The van der Waals surface area contributed by atoms with Crippen LogP contribution < -0.4 is 11.1 Å². The maximum Gasteiger partial charge on any atom is 0.220 e. The first-order valence-electron chi connectivity index (χ1n) is 7.13. The molecule has 0 radical (unpaired) electrons. The quantitative estimate of drug-likeness (QED) is 0.718. The zero-order chi connectivity index (χ0) is 12.7. The monoisotopic (exact) mass is 240 g/mol. The van der Waals surface area contributed by atoms with Crippen LogP contribution in [0.3, 0.4) is 0 Å². The van der Waals surface area contributed by atoms with E-state index < -0.39 is 0 Å². The van der Waals surface area contributed by atoms with Gasteiger partial charge in [0.25, 0.3) is 0 Å². The third-order valence-electron chi connectivity index (χ3n) is 3.73. The molecule has 0 aromatic rings. The SMILES string of the molecule is CC(C)CCC1CCCC1NC(=O)CCCN. The molecule has 1 rings (SSSR count). The van der Waals surface area contributed by atoms with Crippen molar-refractivity contribution >= 4 is 5.91 Å². The van der Waals surface area contributed by atoms with E-state index in [-0.39, 0.29) is 5.91 Å². The summed E-state index contributed by atoms with van der Waals surface area (Å²) in [4.78, 5) is 11.7. The van der Waals surface area contributed by atoms with E-state index in [0.29, 0.717) is 24.9 Å². The summed E-state index contributed by atoms with van der Waals surface area (Å²) in [6, 6.07) is 0.430. The van der Waals surface area contributed by atoms with Crippen LogP contribution >= 0.6 is 0 Å². The van der Waals surface area contributed by atoms with Crippen LogP contribution in [0, 0.1) is 11.8 Å². The maximum absolute atomic E-state index is 11.7. The smallest absolute Gasteiger partial charge is 0.220 e. The molecule has 3 N–H and O–H groups in total. The van der Waals surface area contributed by atoms with Gasteiger partial charge in [0.1, 0.15) is 0 Å². The average Bonchev–Trinajstić information content (AvgIpc) is 2.71. The molecular weight excluding hydrogens is 212 g/mol. The van der Waals surface area contributed by atoms with E-state index in [1.54, 1.807) is 0 Å². The summed E-state index contributed by atoms with van der Waals surface area (Å²) < 4.78 is 0. The van der Waals surface area contributed by atoms with Crippen LogP contribution in [0.2, 0.25) is 0 Å². The zero-order valence-corrected chi connectivity index (χ0v) is 11.4. The standard InChI is InChI=1S/C14H28N2O/c1-11(2)8-9-12-5-3-6-13(12)16-14(17)7-4-10-15/h11-13H,3-10,15H2,1-2H3,(H,16,17). The van der Waals surface area contributed by atoms with E-state index in [1.165, 1.54) is 25.7 Å². The van der Waals surface area contributed by atoms with Crippen molar-refractivity contribution in [3.05, 3.63) is 0 Å². The molecule has 1 aliphatic carbocycles. The first-order chi connectivity index (χ1) is 8.13. The molecule has 0 aromatic carbocycles. The van der Waals surface area contributed by atoms with Gasteiger partial charge in [-0.3, -0.25) is 4.79 Å². The van der Waals surface area contributed by atoms with Gasteiger partial charge in [0.2, 0.25) is 5.91 Å². The zero-order valence-electron chi connectivity index (χ0n) is 11.4. The fourth-order valence-corrected chi connectivity index (χ4v) is 2.66. The summed E-state index contributed by atoms with van der Waals surface area (Å²) in [5, 5.41) is 3.19. The Morgan fingerprint density at radius 1 is 1.41 bits per heavy atom. The molecule has 100 valence electrons. The third-order valence-corrected chi connectivity index (χ3v) is 3.73. The van der Waals surface area contributed by atoms with Crippen LogP contribution in [-0.2, 0) is 4.79 Å². The predicted molar refractivity (Wildman–Crippen MR) is 71.6 cm³/mol. The Morgan fingerprint density at radius 2 is 2.18 bits per heavy atom. The normalized spacial score (nSPS) is 24.2. The third kappa shape index (κ3) is 5.53. The Kier molecular flexibility index (Phi) is 6.56. The second-order valence-electron chi connectivity index (χ2n) is 5.73. The van der Waals surface area contributed by atoms with Gasteiger partial charge in [0.05, 0.1) is 0 Å². The van der Waals surface area contributed by atoms with Crippen LogP contribution in [0.25, 0.3) is 0 Å². The lowest BCUT2D eigenvalue weighted by atomic mass is 9.93. The predicted octanol–water partition coefficient (Wildman–Crippen LogP) is 2.45. The fraction of sp³-hybridized carbons (Fsp3) is 0.929. The van der Waals surface area contributed by atoms with Crippen molar-refractivity contribution in [1.82, 2.24) is 5.32 Å². The van der Waals surface area contributed by atoms with Crippen molar-refractivity contribution < 1.29 is 4.79 Å². The molecule has 0 aromatic heterocycles. The van der Waals surface area contributed by atoms with Crippen LogP contribution in [0.5, 0.6) is 0 Å². The van der Waals surface area contributed by atoms with E-state index in [1.807, 2.05) is 0 Å². The Bertz CT molecular complexity index is 228. The lowest BCUT2D eigenvalue weighted by Gasteiger charge is -2.21. The summed E-state index contributed by atoms with van der Waals surface area (Å²) >= 11 is 0. The lowest BCUT2D eigenvalue weighted by Crippen LogP contribution is -2.37. The highest BCUT2D eigenvalue weighted by Gasteiger charge is 2.27. The van der Waals surface area contributed by atoms with Gasteiger partial charge in [-0.1, -0.05) is 26.7 Å². The number of carbonyl (C=O) groups is 1. The molecule has 17 heavy (non-hydrogen) atoms. The molecule has 1 fully saturated rings. The molecule has 1 amide bonds. The molecule has 0 aliphatic heterocycles. The number of hydrogen-bond donors (Lipinski definition) is 2. The van der Waals surface area contributed by atoms with Crippen molar-refractivity contribution in [2.45, 2.75) is 64.8 Å². The van der Waals surface area contributed by atoms with E-state index in [4.69, 9.17) is 5.73 Å². The van der Waals surface area contributed by atoms with Crippen LogP contribution in [0.4, 0.5) is 0 Å². The minimum absolute atomic E-state index is 0.192. The van der Waals surface area contributed by atoms with Gasteiger partial charge in [-0.25, -0.2) is 0 Å². The van der Waals surface area contributed by atoms with Crippen molar-refractivity contribution in [2.75, 3.05) is 6.54 Å². The number of nitrogens with two attached hydrogens (primary N) is 1.